The molecule has 0 saturated carbocycles. The van der Waals surface area contributed by atoms with Crippen molar-refractivity contribution in [3.63, 3.8) is 0 Å². The van der Waals surface area contributed by atoms with Gasteiger partial charge in [-0.1, -0.05) is 0 Å². The number of aromatic carboxylic acids is 1. The summed E-state index contributed by atoms with van der Waals surface area (Å²) in [5.74, 6) is -2.28. The van der Waals surface area contributed by atoms with Gasteiger partial charge in [0.15, 0.2) is 0 Å². The third kappa shape index (κ3) is 3.33. The molecule has 1 saturated heterocycles. The van der Waals surface area contributed by atoms with Crippen LogP contribution in [0.4, 0.5) is 10.1 Å². The normalized spacial score (nSPS) is 22.3. The third-order valence-corrected chi connectivity index (χ3v) is 3.46. The molecule has 1 amide bonds. The number of halogens is 1. The molecule has 20 heavy (non-hydrogen) atoms. The molecule has 1 aliphatic heterocycles. The van der Waals surface area contributed by atoms with Gasteiger partial charge in [0, 0.05) is 12.0 Å². The number of carboxylic acids is 1. The maximum absolute atomic E-state index is 13.1. The smallest absolute Gasteiger partial charge is 0.337 e. The van der Waals surface area contributed by atoms with E-state index in [4.69, 9.17) is 5.11 Å². The minimum atomic E-state index is -1.27. The third-order valence-electron chi connectivity index (χ3n) is 3.46. The topological polar surface area (TPSA) is 78.4 Å². The van der Waals surface area contributed by atoms with Gasteiger partial charge in [0.2, 0.25) is 5.91 Å². The zero-order chi connectivity index (χ0) is 14.7. The Balaban J connectivity index is 2.13. The van der Waals surface area contributed by atoms with Crippen LogP contribution in [-0.2, 0) is 4.79 Å². The Morgan fingerprint density at radius 1 is 1.45 bits per heavy atom. The van der Waals surface area contributed by atoms with Crippen LogP contribution in [0.25, 0.3) is 0 Å². The highest BCUT2D eigenvalue weighted by Gasteiger charge is 2.25. The van der Waals surface area contributed by atoms with Crippen molar-refractivity contribution >= 4 is 17.6 Å². The van der Waals surface area contributed by atoms with Crippen molar-refractivity contribution in [3.05, 3.63) is 29.6 Å². The van der Waals surface area contributed by atoms with E-state index in [9.17, 15) is 14.0 Å². The van der Waals surface area contributed by atoms with Crippen molar-refractivity contribution in [2.45, 2.75) is 25.8 Å². The lowest BCUT2D eigenvalue weighted by atomic mass is 9.92. The maximum Gasteiger partial charge on any atom is 0.337 e. The number of anilines is 1. The van der Waals surface area contributed by atoms with E-state index in [1.807, 2.05) is 6.92 Å². The molecule has 1 aromatic carbocycles. The van der Waals surface area contributed by atoms with E-state index < -0.39 is 11.8 Å². The zero-order valence-corrected chi connectivity index (χ0v) is 11.1. The number of hydrogen-bond acceptors (Lipinski definition) is 3. The van der Waals surface area contributed by atoms with Gasteiger partial charge in [0.05, 0.1) is 11.3 Å². The van der Waals surface area contributed by atoms with Gasteiger partial charge in [-0.15, -0.1) is 0 Å². The number of piperidine rings is 1. The van der Waals surface area contributed by atoms with Crippen molar-refractivity contribution in [1.82, 2.24) is 5.32 Å². The highest BCUT2D eigenvalue weighted by atomic mass is 19.1. The average molecular weight is 280 g/mol. The molecule has 1 heterocycles. The molecule has 0 bridgehead atoms. The van der Waals surface area contributed by atoms with Crippen LogP contribution >= 0.6 is 0 Å². The molecule has 0 spiro atoms. The summed E-state index contributed by atoms with van der Waals surface area (Å²) in [5, 5.41) is 14.9. The fourth-order valence-corrected chi connectivity index (χ4v) is 2.41. The highest BCUT2D eigenvalue weighted by Crippen LogP contribution is 2.21. The minimum absolute atomic E-state index is 0.134. The summed E-state index contributed by atoms with van der Waals surface area (Å²) in [6.45, 7) is 2.76. The molecule has 5 nitrogen and oxygen atoms in total. The van der Waals surface area contributed by atoms with Gasteiger partial charge in [-0.05, 0) is 44.5 Å². The van der Waals surface area contributed by atoms with Crippen LogP contribution in [0.1, 0.15) is 30.1 Å². The molecule has 1 fully saturated rings. The lowest BCUT2D eigenvalue weighted by molar-refractivity contribution is -0.120. The summed E-state index contributed by atoms with van der Waals surface area (Å²) in [6.07, 6.45) is 1.41. The summed E-state index contributed by atoms with van der Waals surface area (Å²) in [7, 11) is 0. The molecule has 2 unspecified atom stereocenters. The largest absolute Gasteiger partial charge is 0.478 e. The first-order valence-corrected chi connectivity index (χ1v) is 6.54. The van der Waals surface area contributed by atoms with Crippen LogP contribution in [0.3, 0.4) is 0 Å². The van der Waals surface area contributed by atoms with Crippen molar-refractivity contribution in [1.29, 1.82) is 0 Å². The van der Waals surface area contributed by atoms with Gasteiger partial charge >= 0.3 is 5.97 Å². The maximum atomic E-state index is 13.1. The molecule has 1 aliphatic rings. The van der Waals surface area contributed by atoms with E-state index in [0.717, 1.165) is 18.7 Å². The first kappa shape index (κ1) is 14.5. The monoisotopic (exact) mass is 280 g/mol. The molecular formula is C14H17FN2O3. The number of carboxylic acid groups (broad SMARTS) is 1. The van der Waals surface area contributed by atoms with Crippen LogP contribution in [0.2, 0.25) is 0 Å². The second-order valence-corrected chi connectivity index (χ2v) is 5.06. The molecule has 108 valence electrons. The first-order chi connectivity index (χ1) is 9.47. The van der Waals surface area contributed by atoms with Gasteiger partial charge in [-0.3, -0.25) is 4.79 Å². The fourth-order valence-electron chi connectivity index (χ4n) is 2.41. The highest BCUT2D eigenvalue weighted by molar-refractivity contribution is 6.01. The van der Waals surface area contributed by atoms with E-state index in [-0.39, 0.29) is 29.1 Å². The number of rotatable bonds is 3. The molecule has 0 aliphatic carbocycles. The first-order valence-electron chi connectivity index (χ1n) is 6.54. The Morgan fingerprint density at radius 2 is 2.20 bits per heavy atom. The van der Waals surface area contributed by atoms with Crippen molar-refractivity contribution in [2.75, 3.05) is 11.9 Å². The second kappa shape index (κ2) is 6.00. The Morgan fingerprint density at radius 3 is 2.85 bits per heavy atom. The van der Waals surface area contributed by atoms with Crippen LogP contribution in [0, 0.1) is 11.7 Å². The molecule has 0 radical (unpaired) electrons. The Kier molecular flexibility index (Phi) is 4.34. The predicted molar refractivity (Wildman–Crippen MR) is 72.2 cm³/mol. The van der Waals surface area contributed by atoms with Gasteiger partial charge in [0.1, 0.15) is 5.82 Å². The number of carbonyl (C=O) groups excluding carboxylic acids is 1. The van der Waals surface area contributed by atoms with Gasteiger partial charge < -0.3 is 15.7 Å². The Hall–Kier alpha value is -1.95. The predicted octanol–water partition coefficient (Wildman–Crippen LogP) is 1.85. The van der Waals surface area contributed by atoms with Crippen molar-refractivity contribution in [3.8, 4) is 0 Å². The van der Waals surface area contributed by atoms with Crippen LogP contribution in [0.15, 0.2) is 18.2 Å². The number of amides is 1. The molecule has 1 aromatic rings. The molecular weight excluding hydrogens is 263 g/mol. The molecule has 2 rings (SSSR count). The van der Waals surface area contributed by atoms with E-state index >= 15 is 0 Å². The zero-order valence-electron chi connectivity index (χ0n) is 11.1. The van der Waals surface area contributed by atoms with Crippen molar-refractivity contribution in [2.24, 2.45) is 5.92 Å². The molecule has 3 N–H and O–H groups in total. The summed E-state index contributed by atoms with van der Waals surface area (Å²) in [5.41, 5.74) is -0.101. The SMILES string of the molecule is CC1CC(C(=O)Nc2ccc(F)cc2C(=O)O)CCN1. The van der Waals surface area contributed by atoms with E-state index in [0.29, 0.717) is 12.8 Å². The number of carbonyl (C=O) groups is 2. The molecule has 0 aromatic heterocycles. The van der Waals surface area contributed by atoms with Crippen LogP contribution in [-0.4, -0.2) is 29.6 Å². The Bertz CT molecular complexity index is 533. The Labute approximate surface area is 116 Å². The minimum Gasteiger partial charge on any atom is -0.478 e. The summed E-state index contributed by atoms with van der Waals surface area (Å²) in [6, 6.07) is 3.57. The standard InChI is InChI=1S/C14H17FN2O3/c1-8-6-9(4-5-16-8)13(18)17-12-3-2-10(15)7-11(12)14(19)20/h2-3,7-9,16H,4-6H2,1H3,(H,17,18)(H,19,20). The fraction of sp³-hybridized carbons (Fsp3) is 0.429. The summed E-state index contributed by atoms with van der Waals surface area (Å²) >= 11 is 0. The number of benzene rings is 1. The summed E-state index contributed by atoms with van der Waals surface area (Å²) < 4.78 is 13.1. The number of nitrogens with one attached hydrogen (secondary N) is 2. The second-order valence-electron chi connectivity index (χ2n) is 5.06. The van der Waals surface area contributed by atoms with Gasteiger partial charge in [-0.25, -0.2) is 9.18 Å². The quantitative estimate of drug-likeness (QED) is 0.789. The van der Waals surface area contributed by atoms with Gasteiger partial charge in [0.25, 0.3) is 0 Å². The molecule has 6 heteroatoms. The van der Waals surface area contributed by atoms with E-state index in [1.165, 1.54) is 6.07 Å². The van der Waals surface area contributed by atoms with Crippen molar-refractivity contribution < 1.29 is 19.1 Å². The molecule has 2 atom stereocenters. The average Bonchev–Trinajstić information content (AvgIpc) is 2.40. The van der Waals surface area contributed by atoms with E-state index in [2.05, 4.69) is 10.6 Å². The summed E-state index contributed by atoms with van der Waals surface area (Å²) in [4.78, 5) is 23.2. The van der Waals surface area contributed by atoms with Gasteiger partial charge in [-0.2, -0.15) is 0 Å². The number of hydrogen-bond donors (Lipinski definition) is 3. The van der Waals surface area contributed by atoms with Crippen LogP contribution < -0.4 is 10.6 Å². The van der Waals surface area contributed by atoms with Crippen LogP contribution in [0.5, 0.6) is 0 Å². The lowest BCUT2D eigenvalue weighted by Gasteiger charge is -2.27. The van der Waals surface area contributed by atoms with E-state index in [1.54, 1.807) is 0 Å². The lowest BCUT2D eigenvalue weighted by Crippen LogP contribution is -2.40.